The van der Waals surface area contributed by atoms with Gasteiger partial charge >= 0.3 is 6.03 Å². The lowest BCUT2D eigenvalue weighted by Crippen LogP contribution is -2.49. The number of carbonyl (C=O) groups is 2. The zero-order valence-electron chi connectivity index (χ0n) is 23.5. The van der Waals surface area contributed by atoms with Crippen molar-refractivity contribution in [3.05, 3.63) is 89.0 Å². The monoisotopic (exact) mass is 534 g/mol. The summed E-state index contributed by atoms with van der Waals surface area (Å²) in [5.74, 6) is -0.0693. The number of benzene rings is 2. The van der Waals surface area contributed by atoms with Crippen molar-refractivity contribution >= 4 is 17.6 Å². The first-order valence-corrected chi connectivity index (χ1v) is 13.6. The minimum absolute atomic E-state index is 0.103. The van der Waals surface area contributed by atoms with Crippen LogP contribution in [-0.2, 0) is 16.1 Å². The maximum absolute atomic E-state index is 13.8. The highest BCUT2D eigenvalue weighted by Gasteiger charge is 2.33. The molecular formula is C31H39FN4O3. The van der Waals surface area contributed by atoms with Gasteiger partial charge in [0.05, 0.1) is 12.6 Å². The van der Waals surface area contributed by atoms with Crippen LogP contribution >= 0.6 is 0 Å². The van der Waals surface area contributed by atoms with Crippen LogP contribution in [0.2, 0.25) is 0 Å². The number of amides is 3. The quantitative estimate of drug-likeness (QED) is 0.367. The fraction of sp³-hybridized carbons (Fsp3) is 0.419. The number of carbonyl (C=O) groups excluding carboxylic acids is 2. The summed E-state index contributed by atoms with van der Waals surface area (Å²) in [6, 6.07) is 15.6. The second-order valence-corrected chi connectivity index (χ2v) is 10.6. The average Bonchev–Trinajstić information content (AvgIpc) is 3.39. The van der Waals surface area contributed by atoms with Crippen molar-refractivity contribution in [1.29, 1.82) is 0 Å². The van der Waals surface area contributed by atoms with Gasteiger partial charge in [0.15, 0.2) is 0 Å². The highest BCUT2D eigenvalue weighted by Crippen LogP contribution is 2.34. The molecule has 3 amide bonds. The molecule has 1 aromatic heterocycles. The number of fused-ring (bicyclic) bond motifs is 1. The Labute approximate surface area is 230 Å². The van der Waals surface area contributed by atoms with Gasteiger partial charge in [0.25, 0.3) is 0 Å². The molecule has 0 aliphatic carbocycles. The first kappa shape index (κ1) is 28.4. The van der Waals surface area contributed by atoms with E-state index in [2.05, 4.69) is 37.6 Å². The van der Waals surface area contributed by atoms with Crippen LogP contribution in [0.3, 0.4) is 0 Å². The summed E-state index contributed by atoms with van der Waals surface area (Å²) in [6.45, 7) is 9.99. The third-order valence-electron chi connectivity index (χ3n) is 7.33. The lowest BCUT2D eigenvalue weighted by molar-refractivity contribution is -0.134. The summed E-state index contributed by atoms with van der Waals surface area (Å²) < 4.78 is 21.1. The summed E-state index contributed by atoms with van der Waals surface area (Å²) in [5.41, 5.74) is 4.70. The molecule has 2 aromatic carbocycles. The van der Waals surface area contributed by atoms with Crippen molar-refractivity contribution in [2.75, 3.05) is 38.7 Å². The van der Waals surface area contributed by atoms with E-state index in [0.717, 1.165) is 28.1 Å². The van der Waals surface area contributed by atoms with Crippen LogP contribution in [0.15, 0.2) is 60.8 Å². The van der Waals surface area contributed by atoms with Crippen molar-refractivity contribution in [3.63, 3.8) is 0 Å². The van der Waals surface area contributed by atoms with E-state index in [1.165, 1.54) is 17.0 Å². The van der Waals surface area contributed by atoms with Gasteiger partial charge in [0.2, 0.25) is 5.91 Å². The summed E-state index contributed by atoms with van der Waals surface area (Å²) in [6.07, 6.45) is 1.99. The molecule has 39 heavy (non-hydrogen) atoms. The number of nitrogens with one attached hydrogen (secondary N) is 1. The van der Waals surface area contributed by atoms with Gasteiger partial charge in [0, 0.05) is 44.3 Å². The Hall–Kier alpha value is -3.65. The van der Waals surface area contributed by atoms with Gasteiger partial charge in [0.1, 0.15) is 12.4 Å². The maximum atomic E-state index is 13.8. The predicted molar refractivity (Wildman–Crippen MR) is 151 cm³/mol. The van der Waals surface area contributed by atoms with Crippen LogP contribution < -0.4 is 5.32 Å². The number of aromatic nitrogens is 1. The van der Waals surface area contributed by atoms with Crippen molar-refractivity contribution in [2.45, 2.75) is 52.1 Å². The van der Waals surface area contributed by atoms with Crippen LogP contribution in [0.5, 0.6) is 0 Å². The number of ether oxygens (including phenoxy) is 1. The van der Waals surface area contributed by atoms with Crippen LogP contribution in [-0.4, -0.2) is 59.7 Å². The molecule has 1 atom stereocenters. The Morgan fingerprint density at radius 2 is 1.67 bits per heavy atom. The molecule has 7 nitrogen and oxygen atoms in total. The summed E-state index contributed by atoms with van der Waals surface area (Å²) in [4.78, 5) is 30.8. The van der Waals surface area contributed by atoms with Gasteiger partial charge in [-0.05, 0) is 52.8 Å². The third kappa shape index (κ3) is 6.33. The highest BCUT2D eigenvalue weighted by molar-refractivity contribution is 5.94. The first-order valence-electron chi connectivity index (χ1n) is 13.6. The van der Waals surface area contributed by atoms with E-state index in [1.807, 2.05) is 36.5 Å². The molecule has 1 aliphatic heterocycles. The number of nitrogens with zero attached hydrogens (tertiary/aromatic N) is 3. The number of methoxy groups -OCH3 is 1. The molecule has 0 bridgehead atoms. The number of urea groups is 1. The zero-order chi connectivity index (χ0) is 28.1. The number of para-hydroxylation sites is 1. The van der Waals surface area contributed by atoms with Gasteiger partial charge in [-0.25, -0.2) is 9.18 Å². The predicted octanol–water partition coefficient (Wildman–Crippen LogP) is 5.99. The molecule has 8 heteroatoms. The SMILES string of the molecule is COCCN(CC(=O)N1CCn2cccc2C1c1ccc(F)cc1)C(=O)Nc1c(C(C)C)cccc1C(C)C. The van der Waals surface area contributed by atoms with Crippen molar-refractivity contribution in [1.82, 2.24) is 14.4 Å². The Balaban J connectivity index is 1.61. The van der Waals surface area contributed by atoms with Gasteiger partial charge < -0.3 is 24.4 Å². The highest BCUT2D eigenvalue weighted by atomic mass is 19.1. The minimum Gasteiger partial charge on any atom is -0.383 e. The van der Waals surface area contributed by atoms with Crippen molar-refractivity contribution in [2.24, 2.45) is 0 Å². The van der Waals surface area contributed by atoms with E-state index in [9.17, 15) is 14.0 Å². The zero-order valence-corrected chi connectivity index (χ0v) is 23.5. The number of anilines is 1. The van der Waals surface area contributed by atoms with Crippen molar-refractivity contribution < 1.29 is 18.7 Å². The Kier molecular flexibility index (Phi) is 9.07. The van der Waals surface area contributed by atoms with Gasteiger partial charge in [-0.15, -0.1) is 0 Å². The molecule has 2 heterocycles. The fourth-order valence-electron chi connectivity index (χ4n) is 5.24. The lowest BCUT2D eigenvalue weighted by atomic mass is 9.93. The molecular weight excluding hydrogens is 495 g/mol. The second kappa shape index (κ2) is 12.5. The van der Waals surface area contributed by atoms with E-state index in [-0.39, 0.29) is 48.7 Å². The second-order valence-electron chi connectivity index (χ2n) is 10.6. The number of hydrogen-bond donors (Lipinski definition) is 1. The van der Waals surface area contributed by atoms with Crippen LogP contribution in [0.25, 0.3) is 0 Å². The lowest BCUT2D eigenvalue weighted by Gasteiger charge is -2.38. The topological polar surface area (TPSA) is 66.8 Å². The molecule has 0 saturated heterocycles. The van der Waals surface area contributed by atoms with Crippen LogP contribution in [0.1, 0.15) is 68.0 Å². The molecule has 0 saturated carbocycles. The average molecular weight is 535 g/mol. The van der Waals surface area contributed by atoms with E-state index < -0.39 is 0 Å². The molecule has 1 aliphatic rings. The minimum atomic E-state index is -0.372. The van der Waals surface area contributed by atoms with Crippen LogP contribution in [0.4, 0.5) is 14.9 Å². The number of halogens is 1. The summed E-state index contributed by atoms with van der Waals surface area (Å²) in [7, 11) is 1.58. The standard InChI is InChI=1S/C31H39FN4O3/c1-21(2)25-8-6-9-26(22(3)4)29(25)33-31(38)35(18-19-39-5)20-28(37)36-17-16-34-15-7-10-27(34)30(36)23-11-13-24(32)14-12-23/h6-15,21-22,30H,16-20H2,1-5H3,(H,33,38). The molecule has 0 radical (unpaired) electrons. The molecule has 4 rings (SSSR count). The molecule has 3 aromatic rings. The number of hydrogen-bond acceptors (Lipinski definition) is 3. The Bertz CT molecular complexity index is 1260. The molecule has 1 unspecified atom stereocenters. The normalized spacial score (nSPS) is 15.0. The van der Waals surface area contributed by atoms with Crippen molar-refractivity contribution in [3.8, 4) is 0 Å². The maximum Gasteiger partial charge on any atom is 0.322 e. The first-order chi connectivity index (χ1) is 18.7. The molecule has 0 fully saturated rings. The van der Waals surface area contributed by atoms with E-state index >= 15 is 0 Å². The summed E-state index contributed by atoms with van der Waals surface area (Å²) in [5, 5.41) is 3.13. The third-order valence-corrected chi connectivity index (χ3v) is 7.33. The largest absolute Gasteiger partial charge is 0.383 e. The van der Waals surface area contributed by atoms with Gasteiger partial charge in [-0.2, -0.15) is 0 Å². The molecule has 208 valence electrons. The molecule has 1 N–H and O–H groups in total. The Morgan fingerprint density at radius 3 is 2.28 bits per heavy atom. The van der Waals surface area contributed by atoms with Crippen LogP contribution in [0, 0.1) is 5.82 Å². The number of rotatable bonds is 9. The smallest absolute Gasteiger partial charge is 0.322 e. The fourth-order valence-corrected chi connectivity index (χ4v) is 5.24. The van der Waals surface area contributed by atoms with Gasteiger partial charge in [-0.1, -0.05) is 58.0 Å². The van der Waals surface area contributed by atoms with E-state index in [0.29, 0.717) is 19.7 Å². The Morgan fingerprint density at radius 1 is 1.00 bits per heavy atom. The van der Waals surface area contributed by atoms with E-state index in [4.69, 9.17) is 4.74 Å². The van der Waals surface area contributed by atoms with Gasteiger partial charge in [-0.3, -0.25) is 4.79 Å². The summed E-state index contributed by atoms with van der Waals surface area (Å²) >= 11 is 0. The van der Waals surface area contributed by atoms with E-state index in [1.54, 1.807) is 24.1 Å². The molecule has 0 spiro atoms.